The van der Waals surface area contributed by atoms with E-state index in [1.807, 2.05) is 68.4 Å². The molecule has 3 aromatic rings. The zero-order valence-electron chi connectivity index (χ0n) is 25.0. The van der Waals surface area contributed by atoms with E-state index in [9.17, 15) is 19.2 Å². The highest BCUT2D eigenvalue weighted by Gasteiger charge is 2.51. The van der Waals surface area contributed by atoms with Crippen LogP contribution in [0.25, 0.3) is 10.8 Å². The average Bonchev–Trinajstić information content (AvgIpc) is 3.74. The summed E-state index contributed by atoms with van der Waals surface area (Å²) in [5, 5.41) is 11.1. The molecule has 0 bridgehead atoms. The Kier molecular flexibility index (Phi) is 9.43. The van der Waals surface area contributed by atoms with Gasteiger partial charge in [0.1, 0.15) is 12.0 Å². The normalized spacial score (nSPS) is 22.8. The van der Waals surface area contributed by atoms with Crippen LogP contribution < -0.4 is 16.0 Å². The molecule has 3 aromatic carbocycles. The predicted molar refractivity (Wildman–Crippen MR) is 165 cm³/mol. The van der Waals surface area contributed by atoms with Crippen molar-refractivity contribution >= 4 is 34.5 Å². The number of hydrogen-bond acceptors (Lipinski definition) is 5. The van der Waals surface area contributed by atoms with E-state index in [0.29, 0.717) is 12.0 Å². The van der Waals surface area contributed by atoms with Gasteiger partial charge in [-0.1, -0.05) is 80.9 Å². The van der Waals surface area contributed by atoms with E-state index >= 15 is 0 Å². The summed E-state index contributed by atoms with van der Waals surface area (Å²) < 4.78 is 5.19. The number of nitrogens with one attached hydrogen (secondary N) is 3. The molecule has 3 N–H and O–H groups in total. The van der Waals surface area contributed by atoms with Crippen molar-refractivity contribution in [1.29, 1.82) is 0 Å². The maximum absolute atomic E-state index is 13.3. The number of hydrogen-bond donors (Lipinski definition) is 3. The van der Waals surface area contributed by atoms with Crippen molar-refractivity contribution in [2.24, 2.45) is 17.8 Å². The fourth-order valence-corrected chi connectivity index (χ4v) is 5.88. The number of esters is 1. The Morgan fingerprint density at radius 3 is 2.37 bits per heavy atom. The molecule has 5 rings (SSSR count). The first-order valence-corrected chi connectivity index (χ1v) is 15.4. The third-order valence-corrected chi connectivity index (χ3v) is 8.92. The van der Waals surface area contributed by atoms with Crippen LogP contribution in [0, 0.1) is 17.8 Å². The third kappa shape index (κ3) is 7.42. The molecular weight excluding hydrogens is 542 g/mol. The molecule has 0 aromatic heterocycles. The van der Waals surface area contributed by atoms with Crippen LogP contribution in [-0.4, -0.2) is 47.9 Å². The van der Waals surface area contributed by atoms with Crippen LogP contribution in [0.2, 0.25) is 0 Å². The Labute approximate surface area is 253 Å². The minimum Gasteiger partial charge on any atom is -0.451 e. The average molecular weight is 584 g/mol. The summed E-state index contributed by atoms with van der Waals surface area (Å²) in [5.41, 5.74) is 1.69. The summed E-state index contributed by atoms with van der Waals surface area (Å²) in [5.74, 6) is -1.15. The molecule has 1 aliphatic heterocycles. The van der Waals surface area contributed by atoms with Gasteiger partial charge in [0.2, 0.25) is 5.91 Å². The van der Waals surface area contributed by atoms with E-state index in [-0.39, 0.29) is 53.5 Å². The number of ether oxygens (including phenoxy) is 1. The maximum Gasteiger partial charge on any atom is 0.314 e. The summed E-state index contributed by atoms with van der Waals surface area (Å²) in [6.07, 6.45) is 3.13. The lowest BCUT2D eigenvalue weighted by molar-refractivity contribution is -0.193. The number of carbonyl (C=O) groups excluding carboxylic acids is 4. The van der Waals surface area contributed by atoms with Gasteiger partial charge in [0, 0.05) is 17.6 Å². The number of fused-ring (bicyclic) bond motifs is 1. The van der Waals surface area contributed by atoms with E-state index < -0.39 is 12.1 Å². The van der Waals surface area contributed by atoms with Gasteiger partial charge in [-0.2, -0.15) is 0 Å². The Morgan fingerprint density at radius 2 is 1.65 bits per heavy atom. The van der Waals surface area contributed by atoms with Gasteiger partial charge in [0.25, 0.3) is 11.8 Å². The second-order valence-corrected chi connectivity index (χ2v) is 12.1. The molecule has 2 fully saturated rings. The molecular formula is C35H41N3O5. The van der Waals surface area contributed by atoms with Gasteiger partial charge in [-0.25, -0.2) is 0 Å². The van der Waals surface area contributed by atoms with Gasteiger partial charge in [-0.05, 0) is 72.9 Å². The van der Waals surface area contributed by atoms with Crippen LogP contribution >= 0.6 is 0 Å². The van der Waals surface area contributed by atoms with Crippen molar-refractivity contribution in [2.45, 2.75) is 77.1 Å². The zero-order chi connectivity index (χ0) is 30.5. The predicted octanol–water partition coefficient (Wildman–Crippen LogP) is 4.56. The fourth-order valence-electron chi connectivity index (χ4n) is 5.88. The maximum atomic E-state index is 13.3. The van der Waals surface area contributed by atoms with E-state index in [1.165, 1.54) is 5.56 Å². The third-order valence-electron chi connectivity index (χ3n) is 8.92. The van der Waals surface area contributed by atoms with Crippen molar-refractivity contribution in [3.05, 3.63) is 83.9 Å². The molecule has 7 atom stereocenters. The molecule has 0 unspecified atom stereocenters. The zero-order valence-corrected chi connectivity index (χ0v) is 25.0. The smallest absolute Gasteiger partial charge is 0.314 e. The van der Waals surface area contributed by atoms with Gasteiger partial charge < -0.3 is 20.7 Å². The highest BCUT2D eigenvalue weighted by atomic mass is 16.6. The largest absolute Gasteiger partial charge is 0.451 e. The Balaban J connectivity index is 1.17. The SMILES string of the molecule is CC[C@H](C)[C@@H]1C(=O)O[C@H]1C(=O)N[C@H]1C[C@H]1C[C@@H](CCc1ccccc1)NC(=O)[C@H](C)NC(=O)c1ccc2ccccc2c1. The summed E-state index contributed by atoms with van der Waals surface area (Å²) >= 11 is 0. The molecule has 0 radical (unpaired) electrons. The summed E-state index contributed by atoms with van der Waals surface area (Å²) in [4.78, 5) is 51.0. The molecule has 3 amide bonds. The standard InChI is InChI=1S/C35H41N3O5/c1-4-21(2)30-31(43-35(30)42)34(41)38-29-20-27(29)19-28(17-14-23-10-6-5-7-11-23)37-32(39)22(3)36-33(40)26-16-15-24-12-8-9-13-25(24)18-26/h5-13,15-16,18,21-22,27-31H,4,14,17,19-20H2,1-3H3,(H,36,40)(H,37,39)(H,38,41)/t21-,22-,27+,28+,29-,30-,31+/m0/s1. The van der Waals surface area contributed by atoms with Crippen LogP contribution in [0.1, 0.15) is 62.4 Å². The summed E-state index contributed by atoms with van der Waals surface area (Å²) in [6, 6.07) is 22.6. The number of aryl methyl sites for hydroxylation is 1. The van der Waals surface area contributed by atoms with Crippen molar-refractivity contribution in [1.82, 2.24) is 16.0 Å². The minimum atomic E-state index is -0.723. The van der Waals surface area contributed by atoms with Crippen molar-refractivity contribution in [3.8, 4) is 0 Å². The molecule has 1 saturated heterocycles. The van der Waals surface area contributed by atoms with Crippen LogP contribution in [0.15, 0.2) is 72.8 Å². The molecule has 1 saturated carbocycles. The van der Waals surface area contributed by atoms with E-state index in [0.717, 1.165) is 36.5 Å². The topological polar surface area (TPSA) is 114 Å². The van der Waals surface area contributed by atoms with Crippen LogP contribution in [0.3, 0.4) is 0 Å². The second-order valence-electron chi connectivity index (χ2n) is 12.1. The number of rotatable bonds is 13. The lowest BCUT2D eigenvalue weighted by Crippen LogP contribution is -2.56. The van der Waals surface area contributed by atoms with Gasteiger partial charge in [0.15, 0.2) is 6.10 Å². The van der Waals surface area contributed by atoms with E-state index in [2.05, 4.69) is 28.1 Å². The first-order valence-electron chi connectivity index (χ1n) is 15.4. The monoisotopic (exact) mass is 583 g/mol. The molecule has 8 nitrogen and oxygen atoms in total. The Hall–Kier alpha value is -4.20. The van der Waals surface area contributed by atoms with Gasteiger partial charge >= 0.3 is 5.97 Å². The van der Waals surface area contributed by atoms with E-state index in [1.54, 1.807) is 13.0 Å². The molecule has 0 spiro atoms. The molecule has 2 aliphatic rings. The van der Waals surface area contributed by atoms with Gasteiger partial charge in [-0.3, -0.25) is 19.2 Å². The number of benzene rings is 3. The fraction of sp³-hybridized carbons (Fsp3) is 0.429. The van der Waals surface area contributed by atoms with Crippen molar-refractivity contribution < 1.29 is 23.9 Å². The quantitative estimate of drug-likeness (QED) is 0.256. The lowest BCUT2D eigenvalue weighted by atomic mass is 9.83. The first kappa shape index (κ1) is 30.3. The molecule has 226 valence electrons. The number of cyclic esters (lactones) is 1. The van der Waals surface area contributed by atoms with Crippen molar-refractivity contribution in [3.63, 3.8) is 0 Å². The van der Waals surface area contributed by atoms with E-state index in [4.69, 9.17) is 4.74 Å². The van der Waals surface area contributed by atoms with Crippen molar-refractivity contribution in [2.75, 3.05) is 0 Å². The highest BCUT2D eigenvalue weighted by Crippen LogP contribution is 2.37. The molecule has 8 heteroatoms. The highest BCUT2D eigenvalue weighted by molar-refractivity contribution is 6.00. The molecule has 1 aliphatic carbocycles. The Morgan fingerprint density at radius 1 is 0.930 bits per heavy atom. The molecule has 43 heavy (non-hydrogen) atoms. The van der Waals surface area contributed by atoms with Crippen LogP contribution in [-0.2, 0) is 25.5 Å². The summed E-state index contributed by atoms with van der Waals surface area (Å²) in [6.45, 7) is 5.66. The second kappa shape index (κ2) is 13.4. The summed E-state index contributed by atoms with van der Waals surface area (Å²) in [7, 11) is 0. The van der Waals surface area contributed by atoms with Crippen LogP contribution in [0.4, 0.5) is 0 Å². The van der Waals surface area contributed by atoms with Gasteiger partial charge in [-0.15, -0.1) is 0 Å². The van der Waals surface area contributed by atoms with Crippen LogP contribution in [0.5, 0.6) is 0 Å². The number of carbonyl (C=O) groups is 4. The Bertz CT molecular complexity index is 1470. The first-order chi connectivity index (χ1) is 20.7. The lowest BCUT2D eigenvalue weighted by Gasteiger charge is -2.37. The molecule has 1 heterocycles. The minimum absolute atomic E-state index is 0.00876. The number of amides is 3. The van der Waals surface area contributed by atoms with Gasteiger partial charge in [0.05, 0.1) is 0 Å².